The van der Waals surface area contributed by atoms with Crippen LogP contribution in [0.25, 0.3) is 22.6 Å². The van der Waals surface area contributed by atoms with E-state index in [2.05, 4.69) is 14.9 Å². The third kappa shape index (κ3) is 3.87. The second-order valence-electron chi connectivity index (χ2n) is 7.71. The van der Waals surface area contributed by atoms with Crippen molar-refractivity contribution in [3.8, 4) is 17.1 Å². The summed E-state index contributed by atoms with van der Waals surface area (Å²) in [7, 11) is 1.65. The van der Waals surface area contributed by atoms with Crippen LogP contribution in [0.5, 0.6) is 5.75 Å². The summed E-state index contributed by atoms with van der Waals surface area (Å²) in [6.45, 7) is 1.21. The molecular weight excluding hydrogens is 426 g/mol. The minimum absolute atomic E-state index is 0.0668. The number of likely N-dealkylation sites (tertiary alicyclic amines) is 1. The maximum Gasteiger partial charge on any atom is 0.321 e. The normalized spacial score (nSPS) is 15.8. The average Bonchev–Trinajstić information content (AvgIpc) is 3.44. The number of benzene rings is 2. The Bertz CT molecular complexity index is 1270. The first kappa shape index (κ1) is 20.3. The number of aromatic nitrogens is 3. The molecule has 2 amide bonds. The molecule has 1 atom stereocenters. The zero-order valence-electron chi connectivity index (χ0n) is 17.5. The maximum atomic E-state index is 12.8. The number of hydrogen-bond acceptors (Lipinski definition) is 4. The smallest absolute Gasteiger partial charge is 0.321 e. The lowest BCUT2D eigenvalue weighted by atomic mass is 10.2. The van der Waals surface area contributed by atoms with Crippen molar-refractivity contribution in [2.24, 2.45) is 0 Å². The number of urea groups is 1. The number of ether oxygens (including phenoxy) is 1. The van der Waals surface area contributed by atoms with Crippen molar-refractivity contribution >= 4 is 34.5 Å². The van der Waals surface area contributed by atoms with Gasteiger partial charge in [0.2, 0.25) is 0 Å². The van der Waals surface area contributed by atoms with E-state index in [4.69, 9.17) is 21.3 Å². The predicted molar refractivity (Wildman–Crippen MR) is 125 cm³/mol. The van der Waals surface area contributed by atoms with Crippen molar-refractivity contribution in [3.63, 3.8) is 0 Å². The van der Waals surface area contributed by atoms with Crippen LogP contribution in [-0.4, -0.2) is 45.7 Å². The standard InChI is InChI=1S/C24H22ClN5O2/c1-32-20-9-7-16(8-10-20)22-28-21-6-3-12-26-23(21)30(22)19-11-13-29(15-19)24(31)27-18-5-2-4-17(25)14-18/h2-10,12,14,19H,11,13,15H2,1H3,(H,27,31). The molecule has 2 aromatic heterocycles. The molecule has 1 N–H and O–H groups in total. The summed E-state index contributed by atoms with van der Waals surface area (Å²) < 4.78 is 7.45. The highest BCUT2D eigenvalue weighted by Crippen LogP contribution is 2.33. The molecule has 2 aromatic carbocycles. The number of anilines is 1. The number of carbonyl (C=O) groups is 1. The van der Waals surface area contributed by atoms with Crippen molar-refractivity contribution < 1.29 is 9.53 Å². The highest BCUT2D eigenvalue weighted by molar-refractivity contribution is 6.30. The van der Waals surface area contributed by atoms with Gasteiger partial charge in [-0.15, -0.1) is 0 Å². The van der Waals surface area contributed by atoms with Gasteiger partial charge in [-0.3, -0.25) is 0 Å². The highest BCUT2D eigenvalue weighted by Gasteiger charge is 2.31. The Morgan fingerprint density at radius 2 is 2.00 bits per heavy atom. The van der Waals surface area contributed by atoms with E-state index in [1.54, 1.807) is 25.4 Å². The first-order chi connectivity index (χ1) is 15.6. The lowest BCUT2D eigenvalue weighted by molar-refractivity contribution is 0.221. The van der Waals surface area contributed by atoms with Gasteiger partial charge in [0.25, 0.3) is 0 Å². The van der Waals surface area contributed by atoms with Gasteiger partial charge in [0, 0.05) is 35.6 Å². The van der Waals surface area contributed by atoms with Crippen molar-refractivity contribution in [1.29, 1.82) is 0 Å². The summed E-state index contributed by atoms with van der Waals surface area (Å²) in [6.07, 6.45) is 2.59. The molecule has 0 aliphatic carbocycles. The zero-order valence-corrected chi connectivity index (χ0v) is 18.3. The monoisotopic (exact) mass is 447 g/mol. The van der Waals surface area contributed by atoms with E-state index in [0.717, 1.165) is 34.7 Å². The first-order valence-electron chi connectivity index (χ1n) is 10.4. The van der Waals surface area contributed by atoms with Crippen LogP contribution in [0.3, 0.4) is 0 Å². The number of amides is 2. The molecule has 1 fully saturated rings. The summed E-state index contributed by atoms with van der Waals surface area (Å²) in [5, 5.41) is 3.52. The van der Waals surface area contributed by atoms with Crippen LogP contribution >= 0.6 is 11.6 Å². The number of methoxy groups -OCH3 is 1. The molecule has 0 radical (unpaired) electrons. The molecule has 162 valence electrons. The number of nitrogens with zero attached hydrogens (tertiary/aromatic N) is 4. The molecular formula is C24H22ClN5O2. The van der Waals surface area contributed by atoms with Gasteiger partial charge < -0.3 is 19.5 Å². The van der Waals surface area contributed by atoms with E-state index in [1.807, 2.05) is 53.4 Å². The van der Waals surface area contributed by atoms with E-state index >= 15 is 0 Å². The van der Waals surface area contributed by atoms with Crippen LogP contribution in [0.15, 0.2) is 66.9 Å². The Kier molecular flexibility index (Phi) is 5.41. The van der Waals surface area contributed by atoms with Crippen LogP contribution in [-0.2, 0) is 0 Å². The van der Waals surface area contributed by atoms with E-state index < -0.39 is 0 Å². The number of fused-ring (bicyclic) bond motifs is 1. The van der Waals surface area contributed by atoms with Gasteiger partial charge in [-0.1, -0.05) is 17.7 Å². The number of rotatable bonds is 4. The molecule has 3 heterocycles. The fourth-order valence-electron chi connectivity index (χ4n) is 4.13. The van der Waals surface area contributed by atoms with Gasteiger partial charge in [0.1, 0.15) is 17.1 Å². The summed E-state index contributed by atoms with van der Waals surface area (Å²) in [6, 6.07) is 18.8. The topological polar surface area (TPSA) is 72.3 Å². The lowest BCUT2D eigenvalue weighted by Gasteiger charge is -2.19. The van der Waals surface area contributed by atoms with Crippen LogP contribution in [0.4, 0.5) is 10.5 Å². The number of nitrogens with one attached hydrogen (secondary N) is 1. The van der Waals surface area contributed by atoms with Gasteiger partial charge in [-0.05, 0) is 61.0 Å². The molecule has 1 aliphatic rings. The van der Waals surface area contributed by atoms with Crippen molar-refractivity contribution in [1.82, 2.24) is 19.4 Å². The Morgan fingerprint density at radius 1 is 1.16 bits per heavy atom. The number of imidazole rings is 1. The molecule has 1 saturated heterocycles. The second kappa shape index (κ2) is 8.51. The highest BCUT2D eigenvalue weighted by atomic mass is 35.5. The molecule has 8 heteroatoms. The van der Waals surface area contributed by atoms with Crippen LogP contribution < -0.4 is 10.1 Å². The van der Waals surface area contributed by atoms with Gasteiger partial charge >= 0.3 is 6.03 Å². The molecule has 5 rings (SSSR count). The number of carbonyl (C=O) groups excluding carboxylic acids is 1. The second-order valence-corrected chi connectivity index (χ2v) is 8.15. The third-order valence-electron chi connectivity index (χ3n) is 5.69. The molecule has 4 aromatic rings. The average molecular weight is 448 g/mol. The van der Waals surface area contributed by atoms with E-state index in [9.17, 15) is 4.79 Å². The first-order valence-corrected chi connectivity index (χ1v) is 10.8. The minimum atomic E-state index is -0.141. The number of pyridine rings is 1. The molecule has 0 saturated carbocycles. The fraction of sp³-hybridized carbons (Fsp3) is 0.208. The Labute approximate surface area is 190 Å². The molecule has 0 spiro atoms. The fourth-order valence-corrected chi connectivity index (χ4v) is 4.32. The van der Waals surface area contributed by atoms with E-state index in [-0.39, 0.29) is 12.1 Å². The van der Waals surface area contributed by atoms with Gasteiger partial charge in [0.15, 0.2) is 5.65 Å². The quantitative estimate of drug-likeness (QED) is 0.464. The summed E-state index contributed by atoms with van der Waals surface area (Å²) in [5.41, 5.74) is 3.31. The number of hydrogen-bond donors (Lipinski definition) is 1. The number of halogens is 1. The van der Waals surface area contributed by atoms with Crippen LogP contribution in [0.2, 0.25) is 5.02 Å². The lowest BCUT2D eigenvalue weighted by Crippen LogP contribution is -2.33. The molecule has 32 heavy (non-hydrogen) atoms. The largest absolute Gasteiger partial charge is 0.497 e. The maximum absolute atomic E-state index is 12.8. The van der Waals surface area contributed by atoms with E-state index in [0.29, 0.717) is 23.8 Å². The molecule has 1 aliphatic heterocycles. The summed E-state index contributed by atoms with van der Waals surface area (Å²) >= 11 is 6.04. The molecule has 0 bridgehead atoms. The molecule has 1 unspecified atom stereocenters. The summed E-state index contributed by atoms with van der Waals surface area (Å²) in [5.74, 6) is 1.63. The van der Waals surface area contributed by atoms with E-state index in [1.165, 1.54) is 0 Å². The van der Waals surface area contributed by atoms with Crippen molar-refractivity contribution in [3.05, 3.63) is 71.9 Å². The predicted octanol–water partition coefficient (Wildman–Crippen LogP) is 5.24. The third-order valence-corrected chi connectivity index (χ3v) is 5.92. The van der Waals surface area contributed by atoms with Gasteiger partial charge in [-0.25, -0.2) is 14.8 Å². The Hall–Kier alpha value is -3.58. The minimum Gasteiger partial charge on any atom is -0.497 e. The van der Waals surface area contributed by atoms with Crippen LogP contribution in [0.1, 0.15) is 12.5 Å². The SMILES string of the molecule is COc1ccc(-c2nc3cccnc3n2C2CCN(C(=O)Nc3cccc(Cl)c3)C2)cc1. The van der Waals surface area contributed by atoms with Gasteiger partial charge in [-0.2, -0.15) is 0 Å². The summed E-state index contributed by atoms with van der Waals surface area (Å²) in [4.78, 5) is 24.1. The van der Waals surface area contributed by atoms with Crippen molar-refractivity contribution in [2.45, 2.75) is 12.5 Å². The molecule has 7 nitrogen and oxygen atoms in total. The van der Waals surface area contributed by atoms with Crippen LogP contribution in [0, 0.1) is 0 Å². The van der Waals surface area contributed by atoms with Crippen molar-refractivity contribution in [2.75, 3.05) is 25.5 Å². The zero-order chi connectivity index (χ0) is 22.1. The van der Waals surface area contributed by atoms with Gasteiger partial charge in [0.05, 0.1) is 13.2 Å². The Morgan fingerprint density at radius 3 is 2.78 bits per heavy atom. The Balaban J connectivity index is 1.43.